The Morgan fingerprint density at radius 1 is 1.05 bits per heavy atom. The Hall–Kier alpha value is -5.02. The number of allylic oxidation sites excluding steroid dienone is 2. The Morgan fingerprint density at radius 3 is 2.43 bits per heavy atom. The Bertz CT molecular complexity index is 1450. The molecule has 0 aromatic heterocycles. The highest BCUT2D eigenvalue weighted by Gasteiger charge is 2.38. The van der Waals surface area contributed by atoms with Crippen molar-refractivity contribution >= 4 is 29.3 Å². The number of aliphatic carboxylic acids is 2. The van der Waals surface area contributed by atoms with Gasteiger partial charge in [0.05, 0.1) is 29.9 Å². The SMILES string of the molecule is COc1ccccc1N1CCN(CCCNC(=O)Nc2cccc(C3C(C(=O)O)=C(C)NC(C#N)=C3C(=O)O)c2)CC1. The lowest BCUT2D eigenvalue weighted by molar-refractivity contribution is -0.133. The first-order valence-electron chi connectivity index (χ1n) is 13.6. The van der Waals surface area contributed by atoms with Crippen LogP contribution in [0, 0.1) is 11.3 Å². The van der Waals surface area contributed by atoms with E-state index in [1.165, 1.54) is 13.0 Å². The topological polar surface area (TPSA) is 167 Å². The Labute approximate surface area is 243 Å². The molecule has 2 amide bonds. The number of carbonyl (C=O) groups excluding carboxylic acids is 1. The summed E-state index contributed by atoms with van der Waals surface area (Å²) in [7, 11) is 1.68. The molecule has 0 saturated carbocycles. The van der Waals surface area contributed by atoms with Gasteiger partial charge in [-0.15, -0.1) is 0 Å². The molecule has 0 aliphatic carbocycles. The third kappa shape index (κ3) is 6.82. The van der Waals surface area contributed by atoms with Crippen molar-refractivity contribution in [2.24, 2.45) is 0 Å². The number of nitrogens with one attached hydrogen (secondary N) is 3. The maximum atomic E-state index is 12.6. The second-order valence-electron chi connectivity index (χ2n) is 9.97. The fraction of sp³-hybridized carbons (Fsp3) is 0.333. The maximum Gasteiger partial charge on any atom is 0.335 e. The van der Waals surface area contributed by atoms with Crippen LogP contribution in [-0.4, -0.2) is 79.5 Å². The molecule has 42 heavy (non-hydrogen) atoms. The van der Waals surface area contributed by atoms with Gasteiger partial charge in [-0.05, 0) is 49.7 Å². The molecule has 2 aliphatic rings. The molecule has 12 nitrogen and oxygen atoms in total. The van der Waals surface area contributed by atoms with E-state index >= 15 is 0 Å². The van der Waals surface area contributed by atoms with Gasteiger partial charge in [-0.3, -0.25) is 4.90 Å². The number of anilines is 2. The summed E-state index contributed by atoms with van der Waals surface area (Å²) in [4.78, 5) is 41.4. The fourth-order valence-electron chi connectivity index (χ4n) is 5.34. The third-order valence-corrected chi connectivity index (χ3v) is 7.35. The van der Waals surface area contributed by atoms with Crippen molar-refractivity contribution in [2.75, 3.05) is 56.6 Å². The van der Waals surface area contributed by atoms with Crippen molar-refractivity contribution in [3.63, 3.8) is 0 Å². The van der Waals surface area contributed by atoms with E-state index in [1.54, 1.807) is 25.3 Å². The van der Waals surface area contributed by atoms with Crippen LogP contribution in [0.1, 0.15) is 24.8 Å². The van der Waals surface area contributed by atoms with Crippen LogP contribution in [0.5, 0.6) is 5.75 Å². The molecule has 1 unspecified atom stereocenters. The molecule has 1 fully saturated rings. The summed E-state index contributed by atoms with van der Waals surface area (Å²) in [6.45, 7) is 6.33. The van der Waals surface area contributed by atoms with Crippen LogP contribution in [-0.2, 0) is 9.59 Å². The zero-order chi connectivity index (χ0) is 30.2. The fourth-order valence-corrected chi connectivity index (χ4v) is 5.34. The van der Waals surface area contributed by atoms with Crippen molar-refractivity contribution in [1.82, 2.24) is 15.5 Å². The second kappa shape index (κ2) is 13.6. The van der Waals surface area contributed by atoms with Crippen molar-refractivity contribution in [1.29, 1.82) is 5.26 Å². The van der Waals surface area contributed by atoms with Gasteiger partial charge in [0.1, 0.15) is 17.5 Å². The molecule has 12 heteroatoms. The third-order valence-electron chi connectivity index (χ3n) is 7.35. The Balaban J connectivity index is 1.31. The number of urea groups is 1. The monoisotopic (exact) mass is 574 g/mol. The average Bonchev–Trinajstić information content (AvgIpc) is 2.98. The molecular formula is C30H34N6O6. The van der Waals surface area contributed by atoms with E-state index in [-0.39, 0.29) is 22.5 Å². The van der Waals surface area contributed by atoms with Gasteiger partial charge in [0.15, 0.2) is 0 Å². The van der Waals surface area contributed by atoms with Crippen molar-refractivity contribution < 1.29 is 29.3 Å². The molecule has 2 heterocycles. The summed E-state index contributed by atoms with van der Waals surface area (Å²) in [5.41, 5.74) is 1.17. The van der Waals surface area contributed by atoms with Crippen LogP contribution in [0.2, 0.25) is 0 Å². The normalized spacial score (nSPS) is 17.3. The number of hydrogen-bond donors (Lipinski definition) is 5. The van der Waals surface area contributed by atoms with Gasteiger partial charge < -0.3 is 35.8 Å². The zero-order valence-corrected chi connectivity index (χ0v) is 23.5. The lowest BCUT2D eigenvalue weighted by Crippen LogP contribution is -2.47. The first-order chi connectivity index (χ1) is 20.2. The van der Waals surface area contributed by atoms with Crippen molar-refractivity contribution in [3.05, 3.63) is 76.6 Å². The van der Waals surface area contributed by atoms with Crippen LogP contribution in [0.4, 0.5) is 16.2 Å². The van der Waals surface area contributed by atoms with Crippen molar-refractivity contribution in [3.8, 4) is 11.8 Å². The first-order valence-corrected chi connectivity index (χ1v) is 13.6. The minimum atomic E-state index is -1.41. The molecule has 2 aromatic rings. The summed E-state index contributed by atoms with van der Waals surface area (Å²) >= 11 is 0. The summed E-state index contributed by atoms with van der Waals surface area (Å²) < 4.78 is 5.48. The van der Waals surface area contributed by atoms with Gasteiger partial charge in [0.2, 0.25) is 0 Å². The lowest BCUT2D eigenvalue weighted by Gasteiger charge is -2.36. The van der Waals surface area contributed by atoms with Crippen LogP contribution in [0.3, 0.4) is 0 Å². The lowest BCUT2D eigenvalue weighted by atomic mass is 9.80. The number of ether oxygens (including phenoxy) is 1. The predicted octanol–water partition coefficient (Wildman–Crippen LogP) is 2.94. The summed E-state index contributed by atoms with van der Waals surface area (Å²) in [6, 6.07) is 15.7. The predicted molar refractivity (Wildman–Crippen MR) is 156 cm³/mol. The number of methoxy groups -OCH3 is 1. The maximum absolute atomic E-state index is 12.6. The number of amides is 2. The molecule has 2 aromatic carbocycles. The van der Waals surface area contributed by atoms with Gasteiger partial charge in [-0.1, -0.05) is 24.3 Å². The van der Waals surface area contributed by atoms with E-state index in [2.05, 4.69) is 31.8 Å². The quantitative estimate of drug-likeness (QED) is 0.266. The van der Waals surface area contributed by atoms with E-state index in [9.17, 15) is 29.9 Å². The summed E-state index contributed by atoms with van der Waals surface area (Å²) in [6.07, 6.45) is 0.757. The largest absolute Gasteiger partial charge is 0.495 e. The van der Waals surface area contributed by atoms with E-state index in [0.29, 0.717) is 17.8 Å². The van der Waals surface area contributed by atoms with Crippen LogP contribution in [0.15, 0.2) is 71.1 Å². The number of piperazine rings is 1. The molecule has 220 valence electrons. The zero-order valence-electron chi connectivity index (χ0n) is 23.5. The number of benzene rings is 2. The molecule has 2 aliphatic heterocycles. The molecule has 0 spiro atoms. The first kappa shape index (κ1) is 30.0. The van der Waals surface area contributed by atoms with E-state index in [4.69, 9.17) is 4.74 Å². The van der Waals surface area contributed by atoms with E-state index in [0.717, 1.165) is 50.6 Å². The van der Waals surface area contributed by atoms with Crippen molar-refractivity contribution in [2.45, 2.75) is 19.3 Å². The highest BCUT2D eigenvalue weighted by molar-refractivity contribution is 5.99. The Kier molecular flexibility index (Phi) is 9.67. The highest BCUT2D eigenvalue weighted by Crippen LogP contribution is 2.39. The molecule has 5 N–H and O–H groups in total. The minimum Gasteiger partial charge on any atom is -0.495 e. The minimum absolute atomic E-state index is 0.173. The molecular weight excluding hydrogens is 540 g/mol. The van der Waals surface area contributed by atoms with Crippen LogP contribution >= 0.6 is 0 Å². The van der Waals surface area contributed by atoms with Crippen LogP contribution in [0.25, 0.3) is 0 Å². The number of dihydropyridines is 1. The molecule has 1 atom stereocenters. The number of carboxylic acids is 2. The number of para-hydroxylation sites is 2. The molecule has 1 saturated heterocycles. The standard InChI is InChI=1S/C30H34N6O6/c1-19-25(28(37)38)26(27(29(39)40)22(18-31)33-19)20-7-5-8-21(17-20)34-30(41)32-11-6-12-35-13-15-36(16-14-35)23-9-3-4-10-24(23)42-2/h3-5,7-10,17,26,33H,6,11-16H2,1-2H3,(H,37,38)(H,39,40)(H2,32,34,41). The number of carbonyl (C=O) groups is 3. The molecule has 0 radical (unpaired) electrons. The smallest absolute Gasteiger partial charge is 0.335 e. The molecule has 4 rings (SSSR count). The van der Waals surface area contributed by atoms with Gasteiger partial charge in [-0.25, -0.2) is 14.4 Å². The summed E-state index contributed by atoms with van der Waals surface area (Å²) in [5, 5.41) is 37.3. The molecule has 0 bridgehead atoms. The van der Waals surface area contributed by atoms with E-state index < -0.39 is 23.9 Å². The number of nitriles is 1. The number of hydrogen-bond acceptors (Lipinski definition) is 8. The van der Waals surface area contributed by atoms with Crippen LogP contribution < -0.4 is 25.6 Å². The van der Waals surface area contributed by atoms with E-state index in [1.807, 2.05) is 24.3 Å². The second-order valence-corrected chi connectivity index (χ2v) is 9.97. The average molecular weight is 575 g/mol. The van der Waals surface area contributed by atoms with Gasteiger partial charge in [0, 0.05) is 44.1 Å². The highest BCUT2D eigenvalue weighted by atomic mass is 16.5. The van der Waals surface area contributed by atoms with Gasteiger partial charge in [-0.2, -0.15) is 5.26 Å². The number of rotatable bonds is 10. The Morgan fingerprint density at radius 2 is 1.76 bits per heavy atom. The van der Waals surface area contributed by atoms with Gasteiger partial charge >= 0.3 is 18.0 Å². The number of carboxylic acid groups (broad SMARTS) is 2. The van der Waals surface area contributed by atoms with Gasteiger partial charge in [0.25, 0.3) is 0 Å². The summed E-state index contributed by atoms with van der Waals surface area (Å²) in [5.74, 6) is -3.06. The number of nitrogens with zero attached hydrogens (tertiary/aromatic N) is 3.